The third-order valence-electron chi connectivity index (χ3n) is 5.97. The summed E-state index contributed by atoms with van der Waals surface area (Å²) < 4.78 is 6.68. The standard InChI is InChI=1S/C27H24O/c1-18-12-14-21(15-13-18)26-17-24(20-8-4-3-5-9-20)25-16-19(2)22-10-6-7-11-23(22)27(25)28-26/h3-16,24,26H,17H2,1-2H3. The van der Waals surface area contributed by atoms with Crippen LogP contribution >= 0.6 is 0 Å². The van der Waals surface area contributed by atoms with E-state index < -0.39 is 0 Å². The van der Waals surface area contributed by atoms with Gasteiger partial charge in [-0.2, -0.15) is 0 Å². The maximum atomic E-state index is 6.68. The zero-order chi connectivity index (χ0) is 19.1. The van der Waals surface area contributed by atoms with Crippen LogP contribution in [0.15, 0.2) is 84.9 Å². The maximum Gasteiger partial charge on any atom is 0.131 e. The molecule has 0 amide bonds. The van der Waals surface area contributed by atoms with Crippen LogP contribution in [0.25, 0.3) is 10.8 Å². The molecule has 0 bridgehead atoms. The lowest BCUT2D eigenvalue weighted by molar-refractivity contribution is 0.170. The van der Waals surface area contributed by atoms with Crippen LogP contribution in [0.4, 0.5) is 0 Å². The molecule has 1 heterocycles. The summed E-state index contributed by atoms with van der Waals surface area (Å²) in [6.07, 6.45) is 1.02. The molecule has 2 atom stereocenters. The highest BCUT2D eigenvalue weighted by molar-refractivity contribution is 5.92. The molecule has 0 spiro atoms. The van der Waals surface area contributed by atoms with Gasteiger partial charge in [0.05, 0.1) is 0 Å². The zero-order valence-corrected chi connectivity index (χ0v) is 16.4. The van der Waals surface area contributed by atoms with Crippen LogP contribution in [0, 0.1) is 13.8 Å². The van der Waals surface area contributed by atoms with E-state index in [9.17, 15) is 0 Å². The van der Waals surface area contributed by atoms with Crippen LogP contribution in [0.2, 0.25) is 0 Å². The van der Waals surface area contributed by atoms with Crippen molar-refractivity contribution >= 4 is 10.8 Å². The molecule has 0 fully saturated rings. The highest BCUT2D eigenvalue weighted by Crippen LogP contribution is 2.48. The minimum atomic E-state index is 0.0596. The predicted octanol–water partition coefficient (Wildman–Crippen LogP) is 7.11. The van der Waals surface area contributed by atoms with Gasteiger partial charge in [-0.05, 0) is 42.3 Å². The molecule has 0 aromatic heterocycles. The summed E-state index contributed by atoms with van der Waals surface area (Å²) in [6.45, 7) is 4.33. The lowest BCUT2D eigenvalue weighted by atomic mass is 9.80. The van der Waals surface area contributed by atoms with E-state index in [0.717, 1.165) is 12.2 Å². The first kappa shape index (κ1) is 17.1. The molecule has 1 aliphatic heterocycles. The third-order valence-corrected chi connectivity index (χ3v) is 5.97. The Labute approximate surface area is 166 Å². The molecule has 1 nitrogen and oxygen atoms in total. The summed E-state index contributed by atoms with van der Waals surface area (Å²) >= 11 is 0. The van der Waals surface area contributed by atoms with Gasteiger partial charge in [0.1, 0.15) is 11.9 Å². The monoisotopic (exact) mass is 364 g/mol. The van der Waals surface area contributed by atoms with Crippen molar-refractivity contribution in [1.82, 2.24) is 0 Å². The molecule has 1 aliphatic rings. The van der Waals surface area contributed by atoms with Gasteiger partial charge in [-0.15, -0.1) is 0 Å². The van der Waals surface area contributed by atoms with E-state index in [2.05, 4.69) is 98.8 Å². The zero-order valence-electron chi connectivity index (χ0n) is 16.4. The van der Waals surface area contributed by atoms with E-state index in [1.807, 2.05) is 0 Å². The Morgan fingerprint density at radius 2 is 1.39 bits per heavy atom. The Hall–Kier alpha value is -3.06. The number of benzene rings is 4. The van der Waals surface area contributed by atoms with E-state index >= 15 is 0 Å². The number of hydrogen-bond acceptors (Lipinski definition) is 1. The third kappa shape index (κ3) is 2.88. The Bertz CT molecular complexity index is 1130. The molecule has 0 radical (unpaired) electrons. The fourth-order valence-electron chi connectivity index (χ4n) is 4.47. The van der Waals surface area contributed by atoms with Crippen LogP contribution in [0.3, 0.4) is 0 Å². The summed E-state index contributed by atoms with van der Waals surface area (Å²) in [7, 11) is 0. The van der Waals surface area contributed by atoms with E-state index in [1.54, 1.807) is 0 Å². The molecule has 0 saturated carbocycles. The van der Waals surface area contributed by atoms with Gasteiger partial charge in [-0.25, -0.2) is 0 Å². The van der Waals surface area contributed by atoms with Crippen molar-refractivity contribution in [2.24, 2.45) is 0 Å². The number of aryl methyl sites for hydroxylation is 2. The molecular weight excluding hydrogens is 340 g/mol. The van der Waals surface area contributed by atoms with Gasteiger partial charge in [0, 0.05) is 16.9 Å². The first-order valence-electron chi connectivity index (χ1n) is 10.0. The van der Waals surface area contributed by atoms with Gasteiger partial charge < -0.3 is 4.74 Å². The predicted molar refractivity (Wildman–Crippen MR) is 116 cm³/mol. The Balaban J connectivity index is 1.71. The lowest BCUT2D eigenvalue weighted by Gasteiger charge is -2.34. The fourth-order valence-corrected chi connectivity index (χ4v) is 4.47. The number of rotatable bonds is 2. The second kappa shape index (κ2) is 6.83. The molecule has 1 heteroatoms. The minimum Gasteiger partial charge on any atom is -0.485 e. The molecule has 0 N–H and O–H groups in total. The second-order valence-electron chi connectivity index (χ2n) is 7.87. The van der Waals surface area contributed by atoms with Crippen LogP contribution < -0.4 is 4.74 Å². The quantitative estimate of drug-likeness (QED) is 0.368. The summed E-state index contributed by atoms with van der Waals surface area (Å²) in [5, 5.41) is 2.49. The highest BCUT2D eigenvalue weighted by Gasteiger charge is 2.32. The van der Waals surface area contributed by atoms with E-state index in [0.29, 0.717) is 5.92 Å². The number of hydrogen-bond donors (Lipinski definition) is 0. The maximum absolute atomic E-state index is 6.68. The number of ether oxygens (including phenoxy) is 1. The minimum absolute atomic E-state index is 0.0596. The van der Waals surface area contributed by atoms with Gasteiger partial charge >= 0.3 is 0 Å². The van der Waals surface area contributed by atoms with Crippen molar-refractivity contribution in [1.29, 1.82) is 0 Å². The summed E-state index contributed by atoms with van der Waals surface area (Å²) in [4.78, 5) is 0. The molecule has 4 aromatic rings. The smallest absolute Gasteiger partial charge is 0.131 e. The summed E-state index contributed by atoms with van der Waals surface area (Å²) in [6, 6.07) is 30.6. The second-order valence-corrected chi connectivity index (χ2v) is 7.87. The Kier molecular flexibility index (Phi) is 4.16. The Morgan fingerprint density at radius 3 is 2.14 bits per heavy atom. The van der Waals surface area contributed by atoms with Gasteiger partial charge in [0.25, 0.3) is 0 Å². The molecule has 2 unspecified atom stereocenters. The summed E-state index contributed by atoms with van der Waals surface area (Å²) in [5.74, 6) is 1.38. The molecule has 0 saturated heterocycles. The van der Waals surface area contributed by atoms with Crippen LogP contribution in [0.1, 0.15) is 46.3 Å². The average molecular weight is 364 g/mol. The van der Waals surface area contributed by atoms with E-state index in [1.165, 1.54) is 38.6 Å². The fraction of sp³-hybridized carbons (Fsp3) is 0.185. The van der Waals surface area contributed by atoms with Crippen LogP contribution in [-0.2, 0) is 0 Å². The van der Waals surface area contributed by atoms with Crippen LogP contribution in [-0.4, -0.2) is 0 Å². The largest absolute Gasteiger partial charge is 0.485 e. The number of fused-ring (bicyclic) bond motifs is 3. The molecule has 138 valence electrons. The molecule has 4 aromatic carbocycles. The highest BCUT2D eigenvalue weighted by atomic mass is 16.5. The first-order chi connectivity index (χ1) is 13.7. The normalized spacial score (nSPS) is 18.5. The van der Waals surface area contributed by atoms with Gasteiger partial charge in [0.2, 0.25) is 0 Å². The van der Waals surface area contributed by atoms with Crippen molar-refractivity contribution in [3.63, 3.8) is 0 Å². The SMILES string of the molecule is Cc1ccc(C2CC(c3ccccc3)c3cc(C)c4ccccc4c3O2)cc1. The van der Waals surface area contributed by atoms with Crippen molar-refractivity contribution in [3.05, 3.63) is 113 Å². The van der Waals surface area contributed by atoms with Crippen molar-refractivity contribution < 1.29 is 4.74 Å². The van der Waals surface area contributed by atoms with Crippen molar-refractivity contribution in [2.75, 3.05) is 0 Å². The topological polar surface area (TPSA) is 9.23 Å². The summed E-state index contributed by atoms with van der Waals surface area (Å²) in [5.41, 5.74) is 6.51. The molecule has 28 heavy (non-hydrogen) atoms. The average Bonchev–Trinajstić information content (AvgIpc) is 2.75. The van der Waals surface area contributed by atoms with E-state index in [-0.39, 0.29) is 6.10 Å². The van der Waals surface area contributed by atoms with Crippen molar-refractivity contribution in [3.8, 4) is 5.75 Å². The van der Waals surface area contributed by atoms with Crippen LogP contribution in [0.5, 0.6) is 5.75 Å². The van der Waals surface area contributed by atoms with E-state index in [4.69, 9.17) is 4.74 Å². The van der Waals surface area contributed by atoms with Gasteiger partial charge in [0.15, 0.2) is 0 Å². The lowest BCUT2D eigenvalue weighted by Crippen LogP contribution is -2.20. The molecular formula is C27H24O. The van der Waals surface area contributed by atoms with Gasteiger partial charge in [-0.3, -0.25) is 0 Å². The Morgan fingerprint density at radius 1 is 0.714 bits per heavy atom. The molecule has 0 aliphatic carbocycles. The first-order valence-corrected chi connectivity index (χ1v) is 10.0. The molecule has 5 rings (SSSR count). The van der Waals surface area contributed by atoms with Gasteiger partial charge in [-0.1, -0.05) is 90.5 Å². The van der Waals surface area contributed by atoms with Crippen molar-refractivity contribution in [2.45, 2.75) is 32.3 Å².